The number of nitrogens with one attached hydrogen (secondary N) is 5. The fraction of sp³-hybridized carbons (Fsp3) is 0.371. The van der Waals surface area contributed by atoms with Crippen LogP contribution in [-0.4, -0.2) is 54.8 Å². The highest BCUT2D eigenvalue weighted by atomic mass is 35.5. The summed E-state index contributed by atoms with van der Waals surface area (Å²) in [5.74, 6) is -1.95. The molecule has 4 atom stereocenters. The van der Waals surface area contributed by atoms with Crippen LogP contribution in [-0.2, 0) is 16.0 Å². The van der Waals surface area contributed by atoms with Crippen LogP contribution in [0.1, 0.15) is 72.5 Å². The van der Waals surface area contributed by atoms with Crippen molar-refractivity contribution in [3.63, 3.8) is 0 Å². The molecule has 4 amide bonds. The first-order valence-corrected chi connectivity index (χ1v) is 15.8. The Bertz CT molecular complexity index is 1490. The Morgan fingerprint density at radius 2 is 1.39 bits per heavy atom. The van der Waals surface area contributed by atoms with Crippen molar-refractivity contribution in [2.75, 3.05) is 13.1 Å². The van der Waals surface area contributed by atoms with E-state index in [2.05, 4.69) is 26.6 Å². The van der Waals surface area contributed by atoms with Crippen LogP contribution in [0.5, 0.6) is 0 Å². The van der Waals surface area contributed by atoms with Crippen molar-refractivity contribution in [1.29, 1.82) is 0 Å². The standard InChI is InChI=1S/C35H43ClFN5O4/c1-6-38-35(46)31(21(2)3)42-32(43)23(5)39-20-30(16-24-10-8-7-9-11-24)41-34(45)27-17-26(18-28(36)19-27)33(44)40-22(4)25-12-14-29(37)15-13-25/h7-15,17-19,21-23,30-31,39H,6,16,20H2,1-5H3,(H,38,46)(H,40,44)(H,41,45)(H,42,43)/t22-,23+,30+,31+/m1/s1. The first kappa shape index (κ1) is 36.2. The molecule has 5 N–H and O–H groups in total. The largest absolute Gasteiger partial charge is 0.355 e. The van der Waals surface area contributed by atoms with Crippen molar-refractivity contribution in [2.24, 2.45) is 5.92 Å². The molecule has 0 bridgehead atoms. The first-order chi connectivity index (χ1) is 21.9. The van der Waals surface area contributed by atoms with Gasteiger partial charge in [-0.05, 0) is 74.6 Å². The normalized spacial score (nSPS) is 13.7. The lowest BCUT2D eigenvalue weighted by molar-refractivity contribution is -0.130. The Kier molecular flexibility index (Phi) is 13.7. The highest BCUT2D eigenvalue weighted by molar-refractivity contribution is 6.31. The zero-order valence-corrected chi connectivity index (χ0v) is 27.6. The van der Waals surface area contributed by atoms with Gasteiger partial charge in [0.15, 0.2) is 0 Å². The molecule has 3 aromatic rings. The Morgan fingerprint density at radius 3 is 1.98 bits per heavy atom. The monoisotopic (exact) mass is 651 g/mol. The SMILES string of the molecule is CCNC(=O)[C@@H](NC(=O)[C@H](C)NC[C@H](Cc1ccccc1)NC(=O)c1cc(Cl)cc(C(=O)N[C@H](C)c2ccc(F)cc2)c1)C(C)C. The summed E-state index contributed by atoms with van der Waals surface area (Å²) in [7, 11) is 0. The molecule has 0 radical (unpaired) electrons. The molecule has 0 aliphatic rings. The van der Waals surface area contributed by atoms with Crippen LogP contribution < -0.4 is 26.6 Å². The van der Waals surface area contributed by atoms with Crippen molar-refractivity contribution >= 4 is 35.2 Å². The maximum atomic E-state index is 13.5. The predicted molar refractivity (Wildman–Crippen MR) is 178 cm³/mol. The molecule has 0 saturated heterocycles. The molecule has 3 aromatic carbocycles. The van der Waals surface area contributed by atoms with Crippen LogP contribution in [0.15, 0.2) is 72.8 Å². The molecule has 0 unspecified atom stereocenters. The topological polar surface area (TPSA) is 128 Å². The minimum atomic E-state index is -0.676. The van der Waals surface area contributed by atoms with Crippen molar-refractivity contribution in [2.45, 2.75) is 65.2 Å². The highest BCUT2D eigenvalue weighted by Crippen LogP contribution is 2.18. The van der Waals surface area contributed by atoms with E-state index in [1.165, 1.54) is 30.3 Å². The third-order valence-corrected chi connectivity index (χ3v) is 7.68. The third-order valence-electron chi connectivity index (χ3n) is 7.46. The van der Waals surface area contributed by atoms with E-state index in [1.807, 2.05) is 51.1 Å². The molecule has 0 heterocycles. The van der Waals surface area contributed by atoms with Gasteiger partial charge in [-0.15, -0.1) is 0 Å². The van der Waals surface area contributed by atoms with Crippen LogP contribution in [0.2, 0.25) is 5.02 Å². The smallest absolute Gasteiger partial charge is 0.251 e. The number of hydrogen-bond donors (Lipinski definition) is 5. The van der Waals surface area contributed by atoms with Gasteiger partial charge in [-0.25, -0.2) is 4.39 Å². The zero-order valence-electron chi connectivity index (χ0n) is 26.8. The van der Waals surface area contributed by atoms with Crippen LogP contribution in [0.4, 0.5) is 4.39 Å². The molecule has 0 saturated carbocycles. The summed E-state index contributed by atoms with van der Waals surface area (Å²) < 4.78 is 13.3. The second kappa shape index (κ2) is 17.4. The Balaban J connectivity index is 1.72. The highest BCUT2D eigenvalue weighted by Gasteiger charge is 2.26. The van der Waals surface area contributed by atoms with Gasteiger partial charge in [0.05, 0.1) is 12.1 Å². The summed E-state index contributed by atoms with van der Waals surface area (Å²) in [6.45, 7) is 9.71. The zero-order chi connectivity index (χ0) is 33.8. The van der Waals surface area contributed by atoms with E-state index in [9.17, 15) is 23.6 Å². The molecular weight excluding hydrogens is 609 g/mol. The molecule has 9 nitrogen and oxygen atoms in total. The van der Waals surface area contributed by atoms with Gasteiger partial charge in [0.25, 0.3) is 11.8 Å². The second-order valence-electron chi connectivity index (χ2n) is 11.6. The van der Waals surface area contributed by atoms with Gasteiger partial charge in [0, 0.05) is 35.3 Å². The minimum Gasteiger partial charge on any atom is -0.355 e. The summed E-state index contributed by atoms with van der Waals surface area (Å²) in [5, 5.41) is 14.8. The first-order valence-electron chi connectivity index (χ1n) is 15.4. The van der Waals surface area contributed by atoms with Crippen LogP contribution in [0.3, 0.4) is 0 Å². The number of hydrogen-bond acceptors (Lipinski definition) is 5. The van der Waals surface area contributed by atoms with Gasteiger partial charge < -0.3 is 26.6 Å². The Morgan fingerprint density at radius 1 is 0.783 bits per heavy atom. The molecule has 0 aliphatic carbocycles. The molecule has 46 heavy (non-hydrogen) atoms. The van der Waals surface area contributed by atoms with E-state index in [0.717, 1.165) is 11.1 Å². The van der Waals surface area contributed by atoms with Gasteiger partial charge in [-0.3, -0.25) is 19.2 Å². The van der Waals surface area contributed by atoms with Gasteiger partial charge in [-0.2, -0.15) is 0 Å². The summed E-state index contributed by atoms with van der Waals surface area (Å²) in [4.78, 5) is 52.0. The number of amides is 4. The maximum Gasteiger partial charge on any atom is 0.251 e. The summed E-state index contributed by atoms with van der Waals surface area (Å²) in [6.07, 6.45) is 0.463. The number of rotatable bonds is 15. The van der Waals surface area contributed by atoms with Crippen molar-refractivity contribution in [3.8, 4) is 0 Å². The summed E-state index contributed by atoms with van der Waals surface area (Å²) in [6, 6.07) is 17.6. The average Bonchev–Trinajstić information content (AvgIpc) is 3.02. The van der Waals surface area contributed by atoms with Crippen LogP contribution >= 0.6 is 11.6 Å². The fourth-order valence-electron chi connectivity index (χ4n) is 4.82. The van der Waals surface area contributed by atoms with Gasteiger partial charge in [0.1, 0.15) is 11.9 Å². The van der Waals surface area contributed by atoms with Crippen LogP contribution in [0, 0.1) is 11.7 Å². The third kappa shape index (κ3) is 11.0. The predicted octanol–water partition coefficient (Wildman–Crippen LogP) is 4.57. The van der Waals surface area contributed by atoms with E-state index < -0.39 is 36.0 Å². The second-order valence-corrected chi connectivity index (χ2v) is 12.0. The molecule has 0 fully saturated rings. The molecule has 0 spiro atoms. The van der Waals surface area contributed by atoms with Gasteiger partial charge >= 0.3 is 0 Å². The fourth-order valence-corrected chi connectivity index (χ4v) is 5.05. The molecule has 246 valence electrons. The van der Waals surface area contributed by atoms with E-state index in [4.69, 9.17) is 11.6 Å². The van der Waals surface area contributed by atoms with Gasteiger partial charge in [0.2, 0.25) is 11.8 Å². The number of carbonyl (C=O) groups excluding carboxylic acids is 4. The Labute approximate surface area is 275 Å². The summed E-state index contributed by atoms with van der Waals surface area (Å²) >= 11 is 6.33. The number of halogens is 2. The molecular formula is C35H43ClFN5O4. The number of carbonyl (C=O) groups is 4. The lowest BCUT2D eigenvalue weighted by Crippen LogP contribution is -2.55. The molecule has 3 rings (SSSR count). The maximum absolute atomic E-state index is 13.5. The lowest BCUT2D eigenvalue weighted by atomic mass is 10.0. The number of benzene rings is 3. The van der Waals surface area contributed by atoms with E-state index >= 15 is 0 Å². The minimum absolute atomic E-state index is 0.108. The average molecular weight is 652 g/mol. The molecule has 0 aliphatic heterocycles. The van der Waals surface area contributed by atoms with E-state index in [-0.39, 0.29) is 46.2 Å². The Hall–Kier alpha value is -4.28. The van der Waals surface area contributed by atoms with Crippen molar-refractivity contribution < 1.29 is 23.6 Å². The lowest BCUT2D eigenvalue weighted by Gasteiger charge is -2.25. The van der Waals surface area contributed by atoms with Gasteiger partial charge in [-0.1, -0.05) is 67.9 Å². The van der Waals surface area contributed by atoms with Crippen LogP contribution in [0.25, 0.3) is 0 Å². The van der Waals surface area contributed by atoms with Crippen molar-refractivity contribution in [3.05, 3.63) is 106 Å². The van der Waals surface area contributed by atoms with Crippen molar-refractivity contribution in [1.82, 2.24) is 26.6 Å². The quantitative estimate of drug-likeness (QED) is 0.165. The summed E-state index contributed by atoms with van der Waals surface area (Å²) in [5.41, 5.74) is 2.08. The van der Waals surface area contributed by atoms with E-state index in [0.29, 0.717) is 13.0 Å². The molecule has 11 heteroatoms. The van der Waals surface area contributed by atoms with E-state index in [1.54, 1.807) is 26.0 Å². The molecule has 0 aromatic heterocycles. The number of likely N-dealkylation sites (N-methyl/N-ethyl adjacent to an activating group) is 1.